The van der Waals surface area contributed by atoms with Crippen molar-refractivity contribution in [2.75, 3.05) is 12.8 Å². The molecule has 1 aliphatic heterocycles. The van der Waals surface area contributed by atoms with E-state index >= 15 is 0 Å². The zero-order chi connectivity index (χ0) is 15.0. The molecule has 5 nitrogen and oxygen atoms in total. The number of rotatable bonds is 4. The monoisotopic (exact) mass is 310 g/mol. The zero-order valence-electron chi connectivity index (χ0n) is 12.4. The topological polar surface area (TPSA) is 66.5 Å². The lowest BCUT2D eigenvalue weighted by atomic mass is 9.82. The molecule has 0 aromatic heterocycles. The lowest BCUT2D eigenvalue weighted by molar-refractivity contribution is -0.145. The van der Waals surface area contributed by atoms with Gasteiger partial charge in [0, 0.05) is 11.3 Å². The number of hydrogen-bond donors (Lipinski definition) is 1. The van der Waals surface area contributed by atoms with Crippen LogP contribution in [0.25, 0.3) is 0 Å². The first-order valence-electron chi connectivity index (χ1n) is 7.78. The van der Waals surface area contributed by atoms with E-state index in [-0.39, 0.29) is 22.5 Å². The van der Waals surface area contributed by atoms with Gasteiger partial charge in [0.1, 0.15) is 5.92 Å². The van der Waals surface area contributed by atoms with Crippen LogP contribution in [0.2, 0.25) is 0 Å². The molecule has 6 heteroatoms. The Morgan fingerprint density at radius 2 is 1.86 bits per heavy atom. The third kappa shape index (κ3) is 2.58. The predicted molar refractivity (Wildman–Crippen MR) is 80.8 cm³/mol. The molecule has 1 saturated heterocycles. The van der Waals surface area contributed by atoms with Crippen molar-refractivity contribution in [1.82, 2.24) is 10.2 Å². The van der Waals surface area contributed by atoms with E-state index in [2.05, 4.69) is 5.32 Å². The average molecular weight is 310 g/mol. The summed E-state index contributed by atoms with van der Waals surface area (Å²) in [5, 5.41) is 2.40. The zero-order valence-corrected chi connectivity index (χ0v) is 13.2. The Morgan fingerprint density at radius 1 is 1.19 bits per heavy atom. The number of thioether (sulfide) groups is 1. The smallest absolute Gasteiger partial charge is 0.277 e. The van der Waals surface area contributed by atoms with Gasteiger partial charge in [-0.05, 0) is 37.9 Å². The second-order valence-corrected chi connectivity index (χ2v) is 7.76. The Hall–Kier alpha value is -1.04. The number of imide groups is 2. The molecule has 3 fully saturated rings. The molecule has 2 saturated carbocycles. The van der Waals surface area contributed by atoms with Crippen LogP contribution in [0.5, 0.6) is 0 Å². The Kier molecular flexibility index (Phi) is 3.99. The van der Waals surface area contributed by atoms with Crippen molar-refractivity contribution in [2.45, 2.75) is 49.7 Å². The number of nitrogens with one attached hydrogen (secondary N) is 1. The van der Waals surface area contributed by atoms with Gasteiger partial charge in [-0.3, -0.25) is 19.8 Å². The van der Waals surface area contributed by atoms with E-state index in [1.807, 2.05) is 6.26 Å². The third-order valence-electron chi connectivity index (χ3n) is 5.31. The Bertz CT molecular complexity index is 464. The predicted octanol–water partition coefficient (Wildman–Crippen LogP) is 2.16. The summed E-state index contributed by atoms with van der Waals surface area (Å²) in [6.45, 7) is 0.440. The summed E-state index contributed by atoms with van der Waals surface area (Å²) in [7, 11) is 0. The van der Waals surface area contributed by atoms with Gasteiger partial charge < -0.3 is 0 Å². The molecule has 21 heavy (non-hydrogen) atoms. The average Bonchev–Trinajstić information content (AvgIpc) is 2.90. The standard InChI is InChI=1S/C15H22N2O3S/c1-21-15(7-4-8-15)9-17-13(19)11(10-5-2-3-6-10)12(18)16-14(17)20/h10-11H,2-9H2,1H3,(H,16,18,20). The van der Waals surface area contributed by atoms with E-state index in [0.29, 0.717) is 6.54 Å². The largest absolute Gasteiger partial charge is 0.330 e. The number of carbonyl (C=O) groups excluding carboxylic acids is 3. The third-order valence-corrected chi connectivity index (χ3v) is 6.71. The molecule has 116 valence electrons. The molecule has 0 radical (unpaired) electrons. The van der Waals surface area contributed by atoms with E-state index in [1.54, 1.807) is 11.8 Å². The van der Waals surface area contributed by atoms with Gasteiger partial charge in [-0.25, -0.2) is 4.79 Å². The number of amides is 4. The molecule has 0 spiro atoms. The van der Waals surface area contributed by atoms with Gasteiger partial charge >= 0.3 is 6.03 Å². The molecule has 0 aromatic rings. The number of barbiturate groups is 1. The Morgan fingerprint density at radius 3 is 2.38 bits per heavy atom. The lowest BCUT2D eigenvalue weighted by Crippen LogP contribution is -2.62. The molecule has 0 bridgehead atoms. The molecule has 2 aliphatic carbocycles. The van der Waals surface area contributed by atoms with Crippen molar-refractivity contribution in [2.24, 2.45) is 11.8 Å². The van der Waals surface area contributed by atoms with Crippen LogP contribution in [0.4, 0.5) is 4.79 Å². The summed E-state index contributed by atoms with van der Waals surface area (Å²) in [6.07, 6.45) is 9.23. The summed E-state index contributed by atoms with van der Waals surface area (Å²) < 4.78 is 0.00755. The van der Waals surface area contributed by atoms with Crippen LogP contribution in [0, 0.1) is 11.8 Å². The van der Waals surface area contributed by atoms with E-state index in [1.165, 1.54) is 4.90 Å². The van der Waals surface area contributed by atoms with E-state index in [9.17, 15) is 14.4 Å². The van der Waals surface area contributed by atoms with Gasteiger partial charge in [0.05, 0.1) is 0 Å². The van der Waals surface area contributed by atoms with Crippen LogP contribution in [0.1, 0.15) is 44.9 Å². The van der Waals surface area contributed by atoms with Gasteiger partial charge in [-0.2, -0.15) is 11.8 Å². The minimum absolute atomic E-state index is 0.00755. The van der Waals surface area contributed by atoms with Crippen molar-refractivity contribution in [1.29, 1.82) is 0 Å². The lowest BCUT2D eigenvalue weighted by Gasteiger charge is -2.44. The molecule has 0 aromatic carbocycles. The Balaban J connectivity index is 1.77. The van der Waals surface area contributed by atoms with Crippen molar-refractivity contribution >= 4 is 29.6 Å². The maximum absolute atomic E-state index is 12.7. The van der Waals surface area contributed by atoms with Gasteiger partial charge in [-0.15, -0.1) is 0 Å². The summed E-state index contributed by atoms with van der Waals surface area (Å²) in [5.41, 5.74) is 0. The van der Waals surface area contributed by atoms with E-state index in [4.69, 9.17) is 0 Å². The van der Waals surface area contributed by atoms with Gasteiger partial charge in [0.15, 0.2) is 0 Å². The molecule has 1 heterocycles. The van der Waals surface area contributed by atoms with Crippen molar-refractivity contribution in [3.63, 3.8) is 0 Å². The first kappa shape index (κ1) is 14.9. The molecule has 4 amide bonds. The molecular formula is C15H22N2O3S. The molecule has 1 N–H and O–H groups in total. The number of carbonyl (C=O) groups is 3. The second-order valence-electron chi connectivity index (χ2n) is 6.48. The van der Waals surface area contributed by atoms with Crippen LogP contribution < -0.4 is 5.32 Å². The van der Waals surface area contributed by atoms with Crippen LogP contribution in [-0.4, -0.2) is 40.3 Å². The van der Waals surface area contributed by atoms with Crippen molar-refractivity contribution < 1.29 is 14.4 Å². The van der Waals surface area contributed by atoms with E-state index in [0.717, 1.165) is 44.9 Å². The van der Waals surface area contributed by atoms with Crippen molar-refractivity contribution in [3.8, 4) is 0 Å². The first-order chi connectivity index (χ1) is 10.1. The Labute approximate surface area is 129 Å². The maximum atomic E-state index is 12.7. The quantitative estimate of drug-likeness (QED) is 0.808. The number of hydrogen-bond acceptors (Lipinski definition) is 4. The fourth-order valence-corrected chi connectivity index (χ4v) is 4.73. The second kappa shape index (κ2) is 5.63. The normalized spacial score (nSPS) is 29.5. The SMILES string of the molecule is CSC1(CN2C(=O)NC(=O)C(C3CCCC3)C2=O)CCC1. The molecule has 1 unspecified atom stereocenters. The van der Waals surface area contributed by atoms with E-state index < -0.39 is 11.9 Å². The number of urea groups is 1. The fraction of sp³-hybridized carbons (Fsp3) is 0.800. The van der Waals surface area contributed by atoms with Crippen LogP contribution in [0.3, 0.4) is 0 Å². The van der Waals surface area contributed by atoms with Crippen LogP contribution in [0.15, 0.2) is 0 Å². The number of nitrogens with zero attached hydrogens (tertiary/aromatic N) is 1. The fourth-order valence-electron chi connectivity index (χ4n) is 3.77. The van der Waals surface area contributed by atoms with Crippen molar-refractivity contribution in [3.05, 3.63) is 0 Å². The molecule has 3 rings (SSSR count). The highest BCUT2D eigenvalue weighted by molar-refractivity contribution is 8.00. The highest BCUT2D eigenvalue weighted by Crippen LogP contribution is 2.44. The van der Waals surface area contributed by atoms with Gasteiger partial charge in [0.2, 0.25) is 11.8 Å². The minimum atomic E-state index is -0.649. The summed E-state index contributed by atoms with van der Waals surface area (Å²) >= 11 is 1.73. The highest BCUT2D eigenvalue weighted by atomic mass is 32.2. The summed E-state index contributed by atoms with van der Waals surface area (Å²) in [5.74, 6) is -1.19. The molecule has 1 atom stereocenters. The highest BCUT2D eigenvalue weighted by Gasteiger charge is 2.48. The first-order valence-corrected chi connectivity index (χ1v) is 9.00. The minimum Gasteiger partial charge on any atom is -0.277 e. The van der Waals surface area contributed by atoms with Gasteiger partial charge in [0.25, 0.3) is 0 Å². The summed E-state index contributed by atoms with van der Waals surface area (Å²) in [6, 6.07) is -0.528. The van der Waals surface area contributed by atoms with Crippen LogP contribution in [-0.2, 0) is 9.59 Å². The molecular weight excluding hydrogens is 288 g/mol. The van der Waals surface area contributed by atoms with Crippen LogP contribution >= 0.6 is 11.8 Å². The molecule has 3 aliphatic rings. The van der Waals surface area contributed by atoms with Gasteiger partial charge in [-0.1, -0.05) is 19.3 Å². The maximum Gasteiger partial charge on any atom is 0.330 e. The summed E-state index contributed by atoms with van der Waals surface area (Å²) in [4.78, 5) is 38.2.